The molecule has 0 fully saturated rings. The summed E-state index contributed by atoms with van der Waals surface area (Å²) >= 11 is 0. The Labute approximate surface area is 120 Å². The Bertz CT molecular complexity index is 637. The van der Waals surface area contributed by atoms with E-state index in [1.54, 1.807) is 5.10 Å². The number of nitrogens with zero attached hydrogens (tertiary/aromatic N) is 2. The number of alkyl halides is 3. The average Bonchev–Trinajstić information content (AvgIpc) is 2.66. The quantitative estimate of drug-likeness (QED) is 0.902. The van der Waals surface area contributed by atoms with E-state index in [1.807, 2.05) is 0 Å². The highest BCUT2D eigenvalue weighted by atomic mass is 32.2. The molecule has 0 aromatic carbocycles. The lowest BCUT2D eigenvalue weighted by Crippen LogP contribution is -2.39. The molecule has 1 atom stereocenters. The number of rotatable bonds is 4. The number of halogens is 3. The van der Waals surface area contributed by atoms with Crippen molar-refractivity contribution in [2.45, 2.75) is 26.1 Å². The molecular weight excluding hydrogens is 311 g/mol. The number of hydrogen-bond donors (Lipinski definition) is 1. The summed E-state index contributed by atoms with van der Waals surface area (Å²) in [5, 5.41) is 5.19. The van der Waals surface area contributed by atoms with Gasteiger partial charge in [-0.2, -0.15) is 18.3 Å². The van der Waals surface area contributed by atoms with Gasteiger partial charge in [0.2, 0.25) is 0 Å². The van der Waals surface area contributed by atoms with Crippen LogP contribution < -0.4 is 0 Å². The first-order chi connectivity index (χ1) is 9.34. The molecule has 0 aliphatic heterocycles. The first-order valence-corrected chi connectivity index (χ1v) is 7.97. The largest absolute Gasteiger partial charge is 0.433 e. The molecule has 1 aromatic rings. The van der Waals surface area contributed by atoms with Gasteiger partial charge in [0.15, 0.2) is 5.69 Å². The molecule has 0 saturated carbocycles. The molecule has 0 aliphatic carbocycles. The Morgan fingerprint density at radius 1 is 1.43 bits per heavy atom. The summed E-state index contributed by atoms with van der Waals surface area (Å²) < 4.78 is 60.3. The number of aromatic nitrogens is 2. The summed E-state index contributed by atoms with van der Waals surface area (Å²) in [6.45, 7) is 2.63. The van der Waals surface area contributed by atoms with Crippen molar-refractivity contribution in [1.29, 1.82) is 0 Å². The zero-order valence-corrected chi connectivity index (χ0v) is 12.8. The molecule has 21 heavy (non-hydrogen) atoms. The fourth-order valence-corrected chi connectivity index (χ4v) is 2.90. The minimum atomic E-state index is -4.63. The van der Waals surface area contributed by atoms with Gasteiger partial charge in [0.1, 0.15) is 15.5 Å². The molecule has 0 aliphatic rings. The highest BCUT2D eigenvalue weighted by Gasteiger charge is 2.37. The number of sulfone groups is 1. The zero-order valence-electron chi connectivity index (χ0n) is 11.9. The lowest BCUT2D eigenvalue weighted by molar-refractivity contribution is -0.141. The second kappa shape index (κ2) is 5.66. The van der Waals surface area contributed by atoms with Crippen molar-refractivity contribution in [3.63, 3.8) is 0 Å². The molecule has 0 bridgehead atoms. The predicted molar refractivity (Wildman–Crippen MR) is 69.6 cm³/mol. The maximum absolute atomic E-state index is 12.6. The van der Waals surface area contributed by atoms with Crippen molar-refractivity contribution in [2.24, 2.45) is 0 Å². The molecule has 1 unspecified atom stereocenters. The van der Waals surface area contributed by atoms with E-state index in [9.17, 15) is 26.4 Å². The number of carbonyl (C=O) groups excluding carboxylic acids is 1. The van der Waals surface area contributed by atoms with E-state index in [0.717, 1.165) is 18.1 Å². The van der Waals surface area contributed by atoms with Crippen molar-refractivity contribution in [1.82, 2.24) is 15.1 Å². The molecule has 0 spiro atoms. The summed E-state index contributed by atoms with van der Waals surface area (Å²) in [6, 6.07) is -0.682. The first kappa shape index (κ1) is 17.5. The van der Waals surface area contributed by atoms with Crippen molar-refractivity contribution in [2.75, 3.05) is 19.1 Å². The van der Waals surface area contributed by atoms with Crippen molar-refractivity contribution >= 4 is 15.7 Å². The Hall–Kier alpha value is -1.58. The van der Waals surface area contributed by atoms with Crippen LogP contribution in [0.3, 0.4) is 0 Å². The lowest BCUT2D eigenvalue weighted by atomic mass is 10.1. The van der Waals surface area contributed by atoms with Crippen molar-refractivity contribution < 1.29 is 26.4 Å². The van der Waals surface area contributed by atoms with E-state index in [4.69, 9.17) is 0 Å². The van der Waals surface area contributed by atoms with E-state index in [2.05, 4.69) is 5.10 Å². The van der Waals surface area contributed by atoms with Crippen LogP contribution in [0.1, 0.15) is 28.7 Å². The Morgan fingerprint density at radius 2 is 1.95 bits per heavy atom. The van der Waals surface area contributed by atoms with Gasteiger partial charge in [-0.05, 0) is 13.8 Å². The summed E-state index contributed by atoms with van der Waals surface area (Å²) in [6.07, 6.45) is -3.62. The maximum atomic E-state index is 12.6. The normalized spacial score (nSPS) is 14.0. The monoisotopic (exact) mass is 327 g/mol. The number of amides is 1. The molecule has 1 amide bonds. The zero-order chi connectivity index (χ0) is 16.6. The lowest BCUT2D eigenvalue weighted by Gasteiger charge is -2.23. The van der Waals surface area contributed by atoms with Gasteiger partial charge in [0.25, 0.3) is 5.91 Å². The average molecular weight is 327 g/mol. The molecule has 1 rings (SSSR count). The third-order valence-corrected chi connectivity index (χ3v) is 4.11. The number of H-pyrrole nitrogens is 1. The van der Waals surface area contributed by atoms with Gasteiger partial charge in [0, 0.05) is 24.9 Å². The number of carbonyl (C=O) groups is 1. The summed E-state index contributed by atoms with van der Waals surface area (Å²) in [4.78, 5) is 13.2. The van der Waals surface area contributed by atoms with Gasteiger partial charge in [-0.25, -0.2) is 8.42 Å². The van der Waals surface area contributed by atoms with Crippen LogP contribution in [0.25, 0.3) is 0 Å². The third-order valence-electron chi connectivity index (χ3n) is 3.02. The Kier molecular flexibility index (Phi) is 4.71. The van der Waals surface area contributed by atoms with E-state index in [0.29, 0.717) is 0 Å². The van der Waals surface area contributed by atoms with Gasteiger partial charge >= 0.3 is 6.18 Å². The minimum Gasteiger partial charge on any atom is -0.337 e. The molecular formula is C11H16F3N3O3S. The van der Waals surface area contributed by atoms with Crippen LogP contribution in [0.2, 0.25) is 0 Å². The number of hydrogen-bond acceptors (Lipinski definition) is 4. The maximum Gasteiger partial charge on any atom is 0.433 e. The van der Waals surface area contributed by atoms with Crippen molar-refractivity contribution in [3.8, 4) is 0 Å². The second-order valence-corrected chi connectivity index (χ2v) is 7.11. The number of nitrogens with one attached hydrogen (secondary N) is 1. The fraction of sp³-hybridized carbons (Fsp3) is 0.636. The van der Waals surface area contributed by atoms with Crippen LogP contribution in [0.4, 0.5) is 13.2 Å². The van der Waals surface area contributed by atoms with Crippen LogP contribution in [-0.2, 0) is 16.0 Å². The van der Waals surface area contributed by atoms with Gasteiger partial charge in [-0.3, -0.25) is 9.89 Å². The number of aromatic amines is 1. The first-order valence-electron chi connectivity index (χ1n) is 5.91. The summed E-state index contributed by atoms with van der Waals surface area (Å²) in [5.74, 6) is -1.06. The van der Waals surface area contributed by atoms with Gasteiger partial charge < -0.3 is 4.90 Å². The van der Waals surface area contributed by atoms with E-state index >= 15 is 0 Å². The van der Waals surface area contributed by atoms with Crippen LogP contribution >= 0.6 is 0 Å². The highest BCUT2D eigenvalue weighted by molar-refractivity contribution is 7.90. The molecule has 6 nitrogen and oxygen atoms in total. The molecule has 120 valence electrons. The Morgan fingerprint density at radius 3 is 2.33 bits per heavy atom. The van der Waals surface area contributed by atoms with Gasteiger partial charge in [0.05, 0.1) is 5.75 Å². The minimum absolute atomic E-state index is 0.287. The molecule has 1 N–H and O–H groups in total. The third kappa shape index (κ3) is 4.19. The van der Waals surface area contributed by atoms with Crippen LogP contribution in [0, 0.1) is 6.92 Å². The summed E-state index contributed by atoms with van der Waals surface area (Å²) in [5.41, 5.74) is -1.77. The van der Waals surface area contributed by atoms with Crippen LogP contribution in [-0.4, -0.2) is 54.5 Å². The van der Waals surface area contributed by atoms with E-state index in [-0.39, 0.29) is 17.0 Å². The second-order valence-electron chi connectivity index (χ2n) is 4.93. The molecule has 1 heterocycles. The van der Waals surface area contributed by atoms with Gasteiger partial charge in [-0.15, -0.1) is 0 Å². The SMILES string of the molecule is Cc1c(C(=O)N(C)C(C)CS(C)(=O)=O)n[nH]c1C(F)(F)F. The highest BCUT2D eigenvalue weighted by Crippen LogP contribution is 2.31. The topological polar surface area (TPSA) is 83.1 Å². The molecule has 0 radical (unpaired) electrons. The van der Waals surface area contributed by atoms with Crippen LogP contribution in [0.5, 0.6) is 0 Å². The van der Waals surface area contributed by atoms with Gasteiger partial charge in [-0.1, -0.05) is 0 Å². The smallest absolute Gasteiger partial charge is 0.337 e. The Balaban J connectivity index is 3.02. The summed E-state index contributed by atoms with van der Waals surface area (Å²) in [7, 11) is -2.00. The predicted octanol–water partition coefficient (Wildman–Crippen LogP) is 1.24. The molecule has 10 heteroatoms. The molecule has 1 aromatic heterocycles. The van der Waals surface area contributed by atoms with E-state index in [1.165, 1.54) is 14.0 Å². The van der Waals surface area contributed by atoms with Crippen molar-refractivity contribution in [3.05, 3.63) is 17.0 Å². The fourth-order valence-electron chi connectivity index (χ4n) is 1.80. The molecule has 0 saturated heterocycles. The van der Waals surface area contributed by atoms with E-state index < -0.39 is 33.7 Å². The van der Waals surface area contributed by atoms with Crippen LogP contribution in [0.15, 0.2) is 0 Å². The standard InChI is InChI=1S/C11H16F3N3O3S/c1-6(5-21(4,19)20)17(3)10(18)8-7(2)9(16-15-8)11(12,13)14/h6H,5H2,1-4H3,(H,15,16).